The molecule has 2 heterocycles. The topological polar surface area (TPSA) is 44.7 Å². The number of amidine groups is 1. The van der Waals surface area contributed by atoms with E-state index < -0.39 is 0 Å². The summed E-state index contributed by atoms with van der Waals surface area (Å²) in [5.74, 6) is 1.83. The van der Waals surface area contributed by atoms with Crippen molar-refractivity contribution in [2.24, 2.45) is 16.3 Å². The van der Waals surface area contributed by atoms with Gasteiger partial charge < -0.3 is 10.2 Å². The smallest absolute Gasteiger partial charge is 0.226 e. The highest BCUT2D eigenvalue weighted by atomic mass is 35.5. The van der Waals surface area contributed by atoms with Crippen LogP contribution < -0.4 is 5.32 Å². The van der Waals surface area contributed by atoms with Gasteiger partial charge in [-0.25, -0.2) is 0 Å². The van der Waals surface area contributed by atoms with Crippen LogP contribution in [0.25, 0.3) is 0 Å². The Morgan fingerprint density at radius 1 is 1.18 bits per heavy atom. The van der Waals surface area contributed by atoms with E-state index in [0.717, 1.165) is 59.4 Å². The lowest BCUT2D eigenvalue weighted by atomic mass is 9.54. The zero-order chi connectivity index (χ0) is 23.3. The number of halogens is 2. The number of aliphatic imine (C=N–C) groups is 1. The second-order valence-corrected chi connectivity index (χ2v) is 10.7. The van der Waals surface area contributed by atoms with Gasteiger partial charge in [0.1, 0.15) is 5.84 Å². The minimum Gasteiger partial charge on any atom is -0.358 e. The number of fused-ring (bicyclic) bond motifs is 1. The Bertz CT molecular complexity index is 1100. The Morgan fingerprint density at radius 2 is 1.94 bits per heavy atom. The summed E-state index contributed by atoms with van der Waals surface area (Å²) in [4.78, 5) is 20.0. The van der Waals surface area contributed by atoms with Gasteiger partial charge in [0.2, 0.25) is 5.91 Å². The van der Waals surface area contributed by atoms with Gasteiger partial charge in [0.15, 0.2) is 0 Å². The van der Waals surface area contributed by atoms with E-state index in [9.17, 15) is 4.79 Å². The fraction of sp³-hybridized carbons (Fsp3) is 0.481. The molecule has 1 saturated carbocycles. The molecule has 33 heavy (non-hydrogen) atoms. The number of nitrogens with one attached hydrogen (secondary N) is 1. The second kappa shape index (κ2) is 8.63. The lowest BCUT2D eigenvalue weighted by Crippen LogP contribution is -2.43. The summed E-state index contributed by atoms with van der Waals surface area (Å²) in [6.07, 6.45) is 2.66. The van der Waals surface area contributed by atoms with Crippen LogP contribution in [0.5, 0.6) is 0 Å². The minimum atomic E-state index is -0.325. The van der Waals surface area contributed by atoms with Gasteiger partial charge in [0, 0.05) is 41.2 Å². The van der Waals surface area contributed by atoms with E-state index in [4.69, 9.17) is 23.2 Å². The van der Waals surface area contributed by atoms with Gasteiger partial charge in [0.05, 0.1) is 12.0 Å². The molecule has 4 nitrogen and oxygen atoms in total. The van der Waals surface area contributed by atoms with Gasteiger partial charge in [-0.05, 0) is 67.3 Å². The van der Waals surface area contributed by atoms with Crippen molar-refractivity contribution in [3.05, 3.63) is 69.2 Å². The largest absolute Gasteiger partial charge is 0.358 e. The van der Waals surface area contributed by atoms with E-state index in [1.165, 1.54) is 5.56 Å². The molecule has 1 aliphatic carbocycles. The molecule has 1 amide bonds. The number of carbonyl (C=O) groups excluding carboxylic acids is 1. The van der Waals surface area contributed by atoms with Crippen LogP contribution in [0.1, 0.15) is 61.6 Å². The van der Waals surface area contributed by atoms with Crippen molar-refractivity contribution in [1.82, 2.24) is 10.2 Å². The second-order valence-electron chi connectivity index (χ2n) is 9.88. The first-order chi connectivity index (χ1) is 15.9. The summed E-state index contributed by atoms with van der Waals surface area (Å²) in [7, 11) is 2.07. The van der Waals surface area contributed by atoms with Crippen molar-refractivity contribution < 1.29 is 4.79 Å². The van der Waals surface area contributed by atoms with Crippen molar-refractivity contribution in [3.63, 3.8) is 0 Å². The van der Waals surface area contributed by atoms with Crippen molar-refractivity contribution in [1.29, 1.82) is 0 Å². The van der Waals surface area contributed by atoms with Crippen LogP contribution in [-0.4, -0.2) is 42.8 Å². The molecule has 6 heteroatoms. The maximum Gasteiger partial charge on any atom is 0.226 e. The van der Waals surface area contributed by atoms with Crippen LogP contribution in [0.15, 0.2) is 47.5 Å². The van der Waals surface area contributed by atoms with Gasteiger partial charge in [-0.15, -0.1) is 0 Å². The van der Waals surface area contributed by atoms with Crippen LogP contribution >= 0.6 is 23.2 Å². The molecule has 2 fully saturated rings. The molecule has 2 aliphatic heterocycles. The molecule has 0 bridgehead atoms. The maximum absolute atomic E-state index is 13.2. The third-order valence-corrected chi connectivity index (χ3v) is 8.89. The molecule has 2 aromatic carbocycles. The highest BCUT2D eigenvalue weighted by Crippen LogP contribution is 2.60. The average Bonchev–Trinajstić information content (AvgIpc) is 3.34. The third kappa shape index (κ3) is 3.66. The first-order valence-electron chi connectivity index (χ1n) is 12.0. The SMILES string of the molecule is CC[C@@]12CC[C@@H](c3ccc(C4=NCCN4C)cc3Cl)[C@H](c3ccc(Cl)cc3)[C@@H]1[C@@H](C)NC2=O. The van der Waals surface area contributed by atoms with Crippen LogP contribution in [0.4, 0.5) is 0 Å². The molecule has 5 rings (SSSR count). The minimum absolute atomic E-state index is 0.112. The fourth-order valence-electron chi connectivity index (χ4n) is 6.71. The molecular formula is C27H31Cl2N3O. The Hall–Kier alpha value is -2.04. The third-order valence-electron chi connectivity index (χ3n) is 8.31. The molecule has 0 unspecified atom stereocenters. The summed E-state index contributed by atoms with van der Waals surface area (Å²) in [5.41, 5.74) is 3.14. The number of benzene rings is 2. The summed E-state index contributed by atoms with van der Waals surface area (Å²) in [6, 6.07) is 14.7. The van der Waals surface area contributed by atoms with Crippen LogP contribution in [0, 0.1) is 11.3 Å². The maximum atomic E-state index is 13.2. The predicted octanol–water partition coefficient (Wildman–Crippen LogP) is 5.88. The lowest BCUT2D eigenvalue weighted by molar-refractivity contribution is -0.131. The Balaban J connectivity index is 1.59. The fourth-order valence-corrected chi connectivity index (χ4v) is 7.15. The van der Waals surface area contributed by atoms with E-state index in [2.05, 4.69) is 66.4 Å². The van der Waals surface area contributed by atoms with E-state index in [0.29, 0.717) is 0 Å². The zero-order valence-electron chi connectivity index (χ0n) is 19.4. The number of hydrogen-bond donors (Lipinski definition) is 1. The number of amides is 1. The van der Waals surface area contributed by atoms with Gasteiger partial charge in [-0.1, -0.05) is 54.4 Å². The van der Waals surface area contributed by atoms with Crippen LogP contribution in [0.3, 0.4) is 0 Å². The van der Waals surface area contributed by atoms with Gasteiger partial charge in [0.25, 0.3) is 0 Å². The molecule has 0 aromatic heterocycles. The van der Waals surface area contributed by atoms with Crippen molar-refractivity contribution in [2.45, 2.75) is 51.0 Å². The number of rotatable bonds is 4. The molecule has 0 radical (unpaired) electrons. The standard InChI is InChI=1S/C27H31Cl2N3O/c1-4-27-12-11-21(20-10-7-18(15-22(20)29)25-30-13-14-32(25)3)23(17-5-8-19(28)9-6-17)24(27)16(2)31-26(27)33/h5-10,15-16,21,23-24H,4,11-14H2,1-3H3,(H,31,33)/t16-,21+,23+,24+,27-/m1/s1. The molecule has 3 aliphatic rings. The Labute approximate surface area is 206 Å². The summed E-state index contributed by atoms with van der Waals surface area (Å²) in [6.45, 7) is 6.08. The normalized spacial score (nSPS) is 31.4. The molecule has 174 valence electrons. The van der Waals surface area contributed by atoms with E-state index >= 15 is 0 Å². The van der Waals surface area contributed by atoms with Gasteiger partial charge in [-0.2, -0.15) is 0 Å². The summed E-state index contributed by atoms with van der Waals surface area (Å²) < 4.78 is 0. The lowest BCUT2D eigenvalue weighted by Gasteiger charge is -2.47. The molecule has 2 aromatic rings. The Morgan fingerprint density at radius 3 is 2.58 bits per heavy atom. The first-order valence-corrected chi connectivity index (χ1v) is 12.7. The van der Waals surface area contributed by atoms with Crippen molar-refractivity contribution >= 4 is 34.9 Å². The number of nitrogens with zero attached hydrogens (tertiary/aromatic N) is 2. The first kappa shape index (κ1) is 22.7. The van der Waals surface area contributed by atoms with E-state index in [1.54, 1.807) is 0 Å². The molecule has 5 atom stereocenters. The van der Waals surface area contributed by atoms with Gasteiger partial charge in [-0.3, -0.25) is 9.79 Å². The zero-order valence-corrected chi connectivity index (χ0v) is 21.0. The van der Waals surface area contributed by atoms with E-state index in [1.807, 2.05) is 12.1 Å². The number of likely N-dealkylation sites (N-methyl/N-ethyl adjacent to an activating group) is 1. The monoisotopic (exact) mass is 483 g/mol. The average molecular weight is 484 g/mol. The Kier molecular flexibility index (Phi) is 5.95. The molecular weight excluding hydrogens is 453 g/mol. The van der Waals surface area contributed by atoms with Crippen molar-refractivity contribution in [2.75, 3.05) is 20.1 Å². The molecule has 0 spiro atoms. The highest BCUT2D eigenvalue weighted by molar-refractivity contribution is 6.32. The van der Waals surface area contributed by atoms with Crippen molar-refractivity contribution in [3.8, 4) is 0 Å². The summed E-state index contributed by atoms with van der Waals surface area (Å²) in [5, 5.41) is 4.79. The molecule has 1 saturated heterocycles. The highest BCUT2D eigenvalue weighted by Gasteiger charge is 2.59. The quantitative estimate of drug-likeness (QED) is 0.589. The predicted molar refractivity (Wildman–Crippen MR) is 135 cm³/mol. The number of hydrogen-bond acceptors (Lipinski definition) is 3. The van der Waals surface area contributed by atoms with Crippen LogP contribution in [-0.2, 0) is 4.79 Å². The van der Waals surface area contributed by atoms with Crippen LogP contribution in [0.2, 0.25) is 10.0 Å². The number of carbonyl (C=O) groups is 1. The molecule has 1 N–H and O–H groups in total. The van der Waals surface area contributed by atoms with Gasteiger partial charge >= 0.3 is 0 Å². The summed E-state index contributed by atoms with van der Waals surface area (Å²) >= 11 is 13.2. The van der Waals surface area contributed by atoms with E-state index in [-0.39, 0.29) is 35.1 Å².